The zero-order valence-corrected chi connectivity index (χ0v) is 15.8. The molecule has 0 saturated heterocycles. The van der Waals surface area contributed by atoms with Gasteiger partial charge in [0.25, 0.3) is 0 Å². The number of benzene rings is 1. The molecule has 1 heterocycles. The highest BCUT2D eigenvalue weighted by molar-refractivity contribution is 6.31. The second-order valence-corrected chi connectivity index (χ2v) is 6.84. The first-order chi connectivity index (χ1) is 13.0. The number of hydrogen-bond acceptors (Lipinski definition) is 6. The van der Waals surface area contributed by atoms with E-state index >= 15 is 0 Å². The molecule has 2 aromatic rings. The molecule has 27 heavy (non-hydrogen) atoms. The van der Waals surface area contributed by atoms with Gasteiger partial charge >= 0.3 is 11.6 Å². The van der Waals surface area contributed by atoms with E-state index in [-0.39, 0.29) is 17.4 Å². The van der Waals surface area contributed by atoms with E-state index in [9.17, 15) is 10.1 Å². The van der Waals surface area contributed by atoms with Gasteiger partial charge in [-0.2, -0.15) is 4.98 Å². The highest BCUT2D eigenvalue weighted by atomic mass is 35.5. The van der Waals surface area contributed by atoms with Crippen LogP contribution in [0.3, 0.4) is 0 Å². The first kappa shape index (κ1) is 19.1. The largest absolute Gasteiger partial charge is 0.434 e. The van der Waals surface area contributed by atoms with Crippen LogP contribution in [0, 0.1) is 17.0 Å². The van der Waals surface area contributed by atoms with Gasteiger partial charge < -0.3 is 10.1 Å². The maximum Gasteiger partial charge on any atom is 0.373 e. The van der Waals surface area contributed by atoms with Crippen LogP contribution in [0.4, 0.5) is 11.5 Å². The van der Waals surface area contributed by atoms with Gasteiger partial charge in [0.2, 0.25) is 5.82 Å². The van der Waals surface area contributed by atoms with E-state index < -0.39 is 4.92 Å². The van der Waals surface area contributed by atoms with Crippen LogP contribution in [-0.2, 0) is 0 Å². The summed E-state index contributed by atoms with van der Waals surface area (Å²) >= 11 is 6.01. The number of anilines is 1. The normalized spacial score (nSPS) is 13.8. The second kappa shape index (κ2) is 8.81. The summed E-state index contributed by atoms with van der Waals surface area (Å²) in [6, 6.07) is 5.02. The Morgan fingerprint density at radius 3 is 2.89 bits per heavy atom. The lowest BCUT2D eigenvalue weighted by molar-refractivity contribution is -0.385. The molecule has 1 aromatic carbocycles. The van der Waals surface area contributed by atoms with Crippen LogP contribution in [0.15, 0.2) is 36.2 Å². The molecule has 0 unspecified atom stereocenters. The van der Waals surface area contributed by atoms with Crippen molar-refractivity contribution in [2.45, 2.75) is 39.0 Å². The van der Waals surface area contributed by atoms with E-state index in [1.807, 2.05) is 6.92 Å². The average molecular weight is 389 g/mol. The Morgan fingerprint density at radius 1 is 1.33 bits per heavy atom. The van der Waals surface area contributed by atoms with Gasteiger partial charge in [-0.1, -0.05) is 23.3 Å². The monoisotopic (exact) mass is 388 g/mol. The quantitative estimate of drug-likeness (QED) is 0.385. The topological polar surface area (TPSA) is 90.2 Å². The van der Waals surface area contributed by atoms with Crippen LogP contribution in [-0.4, -0.2) is 21.4 Å². The molecular weight excluding hydrogens is 368 g/mol. The van der Waals surface area contributed by atoms with Crippen molar-refractivity contribution in [1.29, 1.82) is 0 Å². The maximum absolute atomic E-state index is 11.6. The van der Waals surface area contributed by atoms with E-state index in [0.29, 0.717) is 17.3 Å². The second-order valence-electron chi connectivity index (χ2n) is 6.43. The fourth-order valence-corrected chi connectivity index (χ4v) is 3.11. The zero-order chi connectivity index (χ0) is 19.2. The minimum Gasteiger partial charge on any atom is -0.434 e. The van der Waals surface area contributed by atoms with Crippen LogP contribution >= 0.6 is 11.6 Å². The molecule has 0 saturated carbocycles. The van der Waals surface area contributed by atoms with Crippen LogP contribution in [0.1, 0.15) is 37.7 Å². The van der Waals surface area contributed by atoms with Crippen LogP contribution in [0.5, 0.6) is 11.6 Å². The van der Waals surface area contributed by atoms with Crippen molar-refractivity contribution in [1.82, 2.24) is 9.97 Å². The van der Waals surface area contributed by atoms with Gasteiger partial charge in [0.15, 0.2) is 0 Å². The molecule has 0 spiro atoms. The van der Waals surface area contributed by atoms with E-state index in [2.05, 4.69) is 21.4 Å². The first-order valence-corrected chi connectivity index (χ1v) is 9.27. The third-order valence-electron chi connectivity index (χ3n) is 4.44. The van der Waals surface area contributed by atoms with Crippen molar-refractivity contribution in [2.75, 3.05) is 11.9 Å². The smallest absolute Gasteiger partial charge is 0.373 e. The van der Waals surface area contributed by atoms with Crippen LogP contribution in [0.25, 0.3) is 0 Å². The number of aromatic nitrogens is 2. The van der Waals surface area contributed by atoms with Crippen molar-refractivity contribution in [3.05, 3.63) is 56.9 Å². The highest BCUT2D eigenvalue weighted by Gasteiger charge is 2.25. The lowest BCUT2D eigenvalue weighted by Gasteiger charge is -2.13. The molecule has 1 aliphatic rings. The molecule has 0 bridgehead atoms. The summed E-state index contributed by atoms with van der Waals surface area (Å²) in [6.45, 7) is 2.40. The number of hydrogen-bond donors (Lipinski definition) is 1. The van der Waals surface area contributed by atoms with Gasteiger partial charge in [0.05, 0.1) is 4.92 Å². The van der Waals surface area contributed by atoms with Crippen molar-refractivity contribution in [2.24, 2.45) is 0 Å². The lowest BCUT2D eigenvalue weighted by Crippen LogP contribution is -2.09. The molecule has 0 fully saturated rings. The van der Waals surface area contributed by atoms with Crippen LogP contribution in [0.2, 0.25) is 5.02 Å². The minimum absolute atomic E-state index is 0.101. The summed E-state index contributed by atoms with van der Waals surface area (Å²) in [5.41, 5.74) is 1.92. The molecule has 1 aliphatic carbocycles. The molecule has 1 aromatic heterocycles. The number of nitrogens with one attached hydrogen (secondary N) is 1. The molecule has 0 atom stereocenters. The summed E-state index contributed by atoms with van der Waals surface area (Å²) in [5.74, 6) is 0.486. The van der Waals surface area contributed by atoms with Crippen molar-refractivity contribution in [3.63, 3.8) is 0 Å². The Labute approximate surface area is 162 Å². The minimum atomic E-state index is -0.527. The van der Waals surface area contributed by atoms with Gasteiger partial charge in [-0.15, -0.1) is 0 Å². The first-order valence-electron chi connectivity index (χ1n) is 8.90. The highest BCUT2D eigenvalue weighted by Crippen LogP contribution is 2.35. The van der Waals surface area contributed by atoms with Crippen LogP contribution < -0.4 is 10.1 Å². The average Bonchev–Trinajstić information content (AvgIpc) is 2.65. The Balaban J connectivity index is 1.76. The number of nitrogens with zero attached hydrogens (tertiary/aromatic N) is 3. The molecular formula is C19H21ClN4O3. The molecule has 0 radical (unpaired) electrons. The molecule has 1 N–H and O–H groups in total. The van der Waals surface area contributed by atoms with Gasteiger partial charge in [0.1, 0.15) is 12.1 Å². The molecule has 7 nitrogen and oxygen atoms in total. The third-order valence-corrected chi connectivity index (χ3v) is 4.86. The SMILES string of the molecule is Cc1cc(Oc2ncnc(NCCC3=CCCCC3)c2[N+](=O)[O-])ccc1Cl. The molecule has 8 heteroatoms. The predicted molar refractivity (Wildman–Crippen MR) is 105 cm³/mol. The maximum atomic E-state index is 11.6. The molecule has 3 rings (SSSR count). The van der Waals surface area contributed by atoms with E-state index in [1.165, 1.54) is 24.7 Å². The summed E-state index contributed by atoms with van der Waals surface area (Å²) < 4.78 is 5.64. The Bertz CT molecular complexity index is 870. The number of ether oxygens (including phenoxy) is 1. The number of nitro groups is 1. The van der Waals surface area contributed by atoms with E-state index in [1.54, 1.807) is 18.2 Å². The number of rotatable bonds is 7. The van der Waals surface area contributed by atoms with E-state index in [0.717, 1.165) is 24.8 Å². The Hall–Kier alpha value is -2.67. The zero-order valence-electron chi connectivity index (χ0n) is 15.1. The molecule has 0 amide bonds. The fourth-order valence-electron chi connectivity index (χ4n) is 3.00. The Morgan fingerprint density at radius 2 is 2.19 bits per heavy atom. The molecule has 142 valence electrons. The van der Waals surface area contributed by atoms with Gasteiger partial charge in [-0.25, -0.2) is 4.98 Å². The summed E-state index contributed by atoms with van der Waals surface area (Å²) in [7, 11) is 0. The molecule has 0 aliphatic heterocycles. The van der Waals surface area contributed by atoms with Crippen molar-refractivity contribution >= 4 is 23.1 Å². The summed E-state index contributed by atoms with van der Waals surface area (Å²) in [6.07, 6.45) is 9.01. The summed E-state index contributed by atoms with van der Waals surface area (Å²) in [4.78, 5) is 19.0. The standard InChI is InChI=1S/C19H21ClN4O3/c1-13-11-15(7-8-16(13)20)27-19-17(24(25)26)18(22-12-23-19)21-10-9-14-5-3-2-4-6-14/h5,7-8,11-12H,2-4,6,9-10H2,1H3,(H,21,22,23). The number of allylic oxidation sites excluding steroid dienone is 1. The summed E-state index contributed by atoms with van der Waals surface area (Å²) in [5, 5.41) is 15.2. The Kier molecular flexibility index (Phi) is 6.24. The van der Waals surface area contributed by atoms with Gasteiger partial charge in [-0.3, -0.25) is 10.1 Å². The number of halogens is 1. The van der Waals surface area contributed by atoms with Crippen molar-refractivity contribution in [3.8, 4) is 11.6 Å². The van der Waals surface area contributed by atoms with Gasteiger partial charge in [-0.05, 0) is 62.8 Å². The lowest BCUT2D eigenvalue weighted by atomic mass is 9.97. The predicted octanol–water partition coefficient (Wildman–Crippen LogP) is 5.44. The third kappa shape index (κ3) is 4.95. The number of aryl methyl sites for hydroxylation is 1. The van der Waals surface area contributed by atoms with Gasteiger partial charge in [0, 0.05) is 11.6 Å². The van der Waals surface area contributed by atoms with Crippen molar-refractivity contribution < 1.29 is 9.66 Å². The van der Waals surface area contributed by atoms with E-state index in [4.69, 9.17) is 16.3 Å². The fraction of sp³-hybridized carbons (Fsp3) is 0.368.